The lowest BCUT2D eigenvalue weighted by Gasteiger charge is -2.04. The lowest BCUT2D eigenvalue weighted by Crippen LogP contribution is -2.33. The second-order valence-electron chi connectivity index (χ2n) is 3.22. The summed E-state index contributed by atoms with van der Waals surface area (Å²) < 4.78 is 0. The standard InChI is InChI=1S/C8H10N2OS/c9-8(1-2-8)7(11)3-6-4-10-5-12-6/h4-5H,1-3,9H2. The highest BCUT2D eigenvalue weighted by Crippen LogP contribution is 2.34. The van der Waals surface area contributed by atoms with E-state index in [0.717, 1.165) is 17.7 Å². The molecule has 0 aliphatic heterocycles. The van der Waals surface area contributed by atoms with Crippen LogP contribution < -0.4 is 5.73 Å². The first-order chi connectivity index (χ1) is 5.71. The first-order valence-electron chi connectivity index (χ1n) is 3.90. The quantitative estimate of drug-likeness (QED) is 0.750. The van der Waals surface area contributed by atoms with Crippen molar-refractivity contribution < 1.29 is 4.79 Å². The SMILES string of the molecule is NC1(C(=O)Cc2cncs2)CC1. The van der Waals surface area contributed by atoms with Crippen LogP contribution in [0.25, 0.3) is 0 Å². The number of carbonyl (C=O) groups is 1. The minimum absolute atomic E-state index is 0.159. The molecule has 1 heterocycles. The van der Waals surface area contributed by atoms with Crippen molar-refractivity contribution in [1.29, 1.82) is 0 Å². The molecule has 1 saturated carbocycles. The Morgan fingerprint density at radius 1 is 1.75 bits per heavy atom. The third-order valence-corrected chi connectivity index (χ3v) is 2.94. The summed E-state index contributed by atoms with van der Waals surface area (Å²) in [7, 11) is 0. The van der Waals surface area contributed by atoms with Gasteiger partial charge in [0.25, 0.3) is 0 Å². The van der Waals surface area contributed by atoms with Crippen molar-refractivity contribution in [3.8, 4) is 0 Å². The van der Waals surface area contributed by atoms with Crippen LogP contribution in [-0.4, -0.2) is 16.3 Å². The molecule has 0 bridgehead atoms. The summed E-state index contributed by atoms with van der Waals surface area (Å²) >= 11 is 1.51. The van der Waals surface area contributed by atoms with Gasteiger partial charge in [-0.3, -0.25) is 9.78 Å². The Bertz CT molecular complexity index is 290. The van der Waals surface area contributed by atoms with Crippen molar-refractivity contribution in [1.82, 2.24) is 4.98 Å². The summed E-state index contributed by atoms with van der Waals surface area (Å²) in [5, 5.41) is 0. The predicted octanol–water partition coefficient (Wildman–Crippen LogP) is 0.746. The molecule has 1 aliphatic rings. The summed E-state index contributed by atoms with van der Waals surface area (Å²) in [6, 6.07) is 0. The number of rotatable bonds is 3. The fraction of sp³-hybridized carbons (Fsp3) is 0.500. The minimum Gasteiger partial charge on any atom is -0.319 e. The molecule has 0 atom stereocenters. The van der Waals surface area contributed by atoms with Crippen molar-refractivity contribution in [3.05, 3.63) is 16.6 Å². The molecule has 4 heteroatoms. The molecule has 3 nitrogen and oxygen atoms in total. The normalized spacial score (nSPS) is 19.1. The number of aromatic nitrogens is 1. The summed E-state index contributed by atoms with van der Waals surface area (Å²) in [6.45, 7) is 0. The van der Waals surface area contributed by atoms with Gasteiger partial charge in [-0.05, 0) is 12.8 Å². The molecule has 1 aromatic heterocycles. The summed E-state index contributed by atoms with van der Waals surface area (Å²) in [4.78, 5) is 16.4. The van der Waals surface area contributed by atoms with Gasteiger partial charge >= 0.3 is 0 Å². The lowest BCUT2D eigenvalue weighted by atomic mass is 10.1. The Morgan fingerprint density at radius 3 is 3.00 bits per heavy atom. The van der Waals surface area contributed by atoms with E-state index in [1.165, 1.54) is 11.3 Å². The predicted molar refractivity (Wildman–Crippen MR) is 47.0 cm³/mol. The van der Waals surface area contributed by atoms with Gasteiger partial charge < -0.3 is 5.73 Å². The van der Waals surface area contributed by atoms with Gasteiger partial charge in [0.2, 0.25) is 0 Å². The first kappa shape index (κ1) is 7.89. The van der Waals surface area contributed by atoms with E-state index in [-0.39, 0.29) is 5.78 Å². The molecular formula is C8H10N2OS. The van der Waals surface area contributed by atoms with E-state index in [4.69, 9.17) is 5.73 Å². The van der Waals surface area contributed by atoms with Gasteiger partial charge in [-0.2, -0.15) is 0 Å². The van der Waals surface area contributed by atoms with Gasteiger partial charge in [0.1, 0.15) is 0 Å². The van der Waals surface area contributed by atoms with Gasteiger partial charge in [0.15, 0.2) is 5.78 Å². The maximum Gasteiger partial charge on any atom is 0.157 e. The molecule has 0 radical (unpaired) electrons. The molecule has 64 valence electrons. The third kappa shape index (κ3) is 1.40. The van der Waals surface area contributed by atoms with E-state index in [1.807, 2.05) is 0 Å². The zero-order valence-corrected chi connectivity index (χ0v) is 7.43. The van der Waals surface area contributed by atoms with Gasteiger partial charge in [0.05, 0.1) is 11.0 Å². The van der Waals surface area contributed by atoms with Crippen LogP contribution in [0.3, 0.4) is 0 Å². The molecule has 0 amide bonds. The van der Waals surface area contributed by atoms with Crippen molar-refractivity contribution in [2.45, 2.75) is 24.8 Å². The highest BCUT2D eigenvalue weighted by Gasteiger charge is 2.45. The molecule has 1 fully saturated rings. The summed E-state index contributed by atoms with van der Waals surface area (Å²) in [5.41, 5.74) is 6.99. The van der Waals surface area contributed by atoms with E-state index < -0.39 is 5.54 Å². The second-order valence-corrected chi connectivity index (χ2v) is 4.19. The van der Waals surface area contributed by atoms with Crippen molar-refractivity contribution >= 4 is 17.1 Å². The lowest BCUT2D eigenvalue weighted by molar-refractivity contribution is -0.120. The van der Waals surface area contributed by atoms with E-state index in [1.54, 1.807) is 11.7 Å². The monoisotopic (exact) mass is 182 g/mol. The number of hydrogen-bond donors (Lipinski definition) is 1. The van der Waals surface area contributed by atoms with Crippen molar-refractivity contribution in [3.63, 3.8) is 0 Å². The Morgan fingerprint density at radius 2 is 2.50 bits per heavy atom. The van der Waals surface area contributed by atoms with Crippen LogP contribution in [0.15, 0.2) is 11.7 Å². The molecular weight excluding hydrogens is 172 g/mol. The molecule has 0 aromatic carbocycles. The largest absolute Gasteiger partial charge is 0.319 e. The highest BCUT2D eigenvalue weighted by molar-refractivity contribution is 7.09. The molecule has 0 spiro atoms. The fourth-order valence-corrected chi connectivity index (χ4v) is 1.67. The van der Waals surface area contributed by atoms with E-state index >= 15 is 0 Å². The average Bonchev–Trinajstić information content (AvgIpc) is 2.63. The van der Waals surface area contributed by atoms with Crippen LogP contribution in [0, 0.1) is 0 Å². The molecule has 12 heavy (non-hydrogen) atoms. The van der Waals surface area contributed by atoms with E-state index in [9.17, 15) is 4.79 Å². The molecule has 1 aliphatic carbocycles. The smallest absolute Gasteiger partial charge is 0.157 e. The van der Waals surface area contributed by atoms with Crippen LogP contribution in [0.4, 0.5) is 0 Å². The van der Waals surface area contributed by atoms with Crippen molar-refractivity contribution in [2.75, 3.05) is 0 Å². The Labute approximate surface area is 74.6 Å². The van der Waals surface area contributed by atoms with Crippen LogP contribution >= 0.6 is 11.3 Å². The Balaban J connectivity index is 2.00. The van der Waals surface area contributed by atoms with Crippen LogP contribution in [0.2, 0.25) is 0 Å². The Kier molecular flexibility index (Phi) is 1.73. The molecule has 0 unspecified atom stereocenters. The van der Waals surface area contributed by atoms with E-state index in [2.05, 4.69) is 4.98 Å². The molecule has 2 rings (SSSR count). The van der Waals surface area contributed by atoms with Gasteiger partial charge in [-0.15, -0.1) is 11.3 Å². The fourth-order valence-electron chi connectivity index (χ4n) is 1.08. The van der Waals surface area contributed by atoms with Gasteiger partial charge in [0, 0.05) is 17.5 Å². The highest BCUT2D eigenvalue weighted by atomic mass is 32.1. The van der Waals surface area contributed by atoms with Crippen LogP contribution in [0.5, 0.6) is 0 Å². The number of carbonyl (C=O) groups excluding carboxylic acids is 1. The zero-order valence-electron chi connectivity index (χ0n) is 6.62. The van der Waals surface area contributed by atoms with Crippen LogP contribution in [0.1, 0.15) is 17.7 Å². The number of thiazole rings is 1. The van der Waals surface area contributed by atoms with Gasteiger partial charge in [-0.25, -0.2) is 0 Å². The number of ketones is 1. The number of hydrogen-bond acceptors (Lipinski definition) is 4. The summed E-state index contributed by atoms with van der Waals surface area (Å²) in [5.74, 6) is 0.159. The second kappa shape index (κ2) is 2.64. The number of Topliss-reactive ketones (excluding diaryl/α,β-unsaturated/α-hetero) is 1. The minimum atomic E-state index is -0.482. The van der Waals surface area contributed by atoms with Crippen LogP contribution in [-0.2, 0) is 11.2 Å². The average molecular weight is 182 g/mol. The Hall–Kier alpha value is -0.740. The van der Waals surface area contributed by atoms with Crippen molar-refractivity contribution in [2.24, 2.45) is 5.73 Å². The first-order valence-corrected chi connectivity index (χ1v) is 4.78. The van der Waals surface area contributed by atoms with Gasteiger partial charge in [-0.1, -0.05) is 0 Å². The zero-order chi connectivity index (χ0) is 8.60. The number of nitrogens with zero attached hydrogens (tertiary/aromatic N) is 1. The molecule has 1 aromatic rings. The van der Waals surface area contributed by atoms with E-state index in [0.29, 0.717) is 6.42 Å². The maximum absolute atomic E-state index is 11.4. The number of nitrogens with two attached hydrogens (primary N) is 1. The topological polar surface area (TPSA) is 56.0 Å². The maximum atomic E-state index is 11.4. The third-order valence-electron chi connectivity index (χ3n) is 2.16. The summed E-state index contributed by atoms with van der Waals surface area (Å²) in [6.07, 6.45) is 3.89. The molecule has 0 saturated heterocycles. The molecule has 2 N–H and O–H groups in total.